The number of fused-ring (bicyclic) bond motifs is 1. The SMILES string of the molecule is CCN(C(=O)COC(=O)[C@H]1COc2ccccc2O1)c1c(N)n(Cc2ccccc2)c(=O)[nH]c1=O. The van der Waals surface area contributed by atoms with Gasteiger partial charge in [-0.05, 0) is 24.6 Å². The van der Waals surface area contributed by atoms with E-state index in [-0.39, 0.29) is 31.2 Å². The Labute approximate surface area is 199 Å². The van der Waals surface area contributed by atoms with Gasteiger partial charge >= 0.3 is 11.7 Å². The molecule has 4 rings (SSSR count). The first-order chi connectivity index (χ1) is 16.9. The molecule has 1 aromatic heterocycles. The van der Waals surface area contributed by atoms with Gasteiger partial charge in [0.25, 0.3) is 11.5 Å². The van der Waals surface area contributed by atoms with Crippen molar-refractivity contribution < 1.29 is 23.8 Å². The molecule has 3 N–H and O–H groups in total. The summed E-state index contributed by atoms with van der Waals surface area (Å²) < 4.78 is 17.4. The molecule has 0 bridgehead atoms. The summed E-state index contributed by atoms with van der Waals surface area (Å²) in [6.07, 6.45) is -1.05. The zero-order chi connectivity index (χ0) is 24.9. The predicted octanol–water partition coefficient (Wildman–Crippen LogP) is 0.903. The molecule has 0 saturated carbocycles. The van der Waals surface area contributed by atoms with Gasteiger partial charge in [0.15, 0.2) is 23.8 Å². The quantitative estimate of drug-likeness (QED) is 0.475. The lowest BCUT2D eigenvalue weighted by molar-refractivity contribution is -0.157. The average Bonchev–Trinajstić information content (AvgIpc) is 2.87. The third-order valence-electron chi connectivity index (χ3n) is 5.39. The summed E-state index contributed by atoms with van der Waals surface area (Å²) >= 11 is 0. The van der Waals surface area contributed by atoms with Crippen molar-refractivity contribution in [1.29, 1.82) is 0 Å². The molecule has 3 aromatic rings. The molecule has 0 aliphatic carbocycles. The minimum Gasteiger partial charge on any atom is -0.485 e. The summed E-state index contributed by atoms with van der Waals surface area (Å²) in [6, 6.07) is 15.9. The number of para-hydroxylation sites is 2. The van der Waals surface area contributed by atoms with E-state index >= 15 is 0 Å². The van der Waals surface area contributed by atoms with Crippen LogP contribution in [-0.2, 0) is 20.9 Å². The van der Waals surface area contributed by atoms with Gasteiger partial charge in [-0.25, -0.2) is 9.59 Å². The second-order valence-electron chi connectivity index (χ2n) is 7.67. The Kier molecular flexibility index (Phi) is 6.86. The van der Waals surface area contributed by atoms with Gasteiger partial charge in [-0.2, -0.15) is 0 Å². The Morgan fingerprint density at radius 3 is 2.51 bits per heavy atom. The second-order valence-corrected chi connectivity index (χ2v) is 7.67. The first-order valence-corrected chi connectivity index (χ1v) is 10.9. The summed E-state index contributed by atoms with van der Waals surface area (Å²) in [7, 11) is 0. The molecule has 35 heavy (non-hydrogen) atoms. The van der Waals surface area contributed by atoms with Crippen molar-refractivity contribution in [2.45, 2.75) is 19.6 Å². The molecular formula is C24H24N4O7. The monoisotopic (exact) mass is 480 g/mol. The van der Waals surface area contributed by atoms with E-state index in [1.165, 1.54) is 4.57 Å². The summed E-state index contributed by atoms with van der Waals surface area (Å²) in [6.45, 7) is 1.03. The zero-order valence-corrected chi connectivity index (χ0v) is 18.9. The van der Waals surface area contributed by atoms with E-state index in [0.29, 0.717) is 11.5 Å². The first kappa shape index (κ1) is 23.6. The molecule has 0 radical (unpaired) electrons. The van der Waals surface area contributed by atoms with E-state index in [1.54, 1.807) is 55.5 Å². The maximum atomic E-state index is 12.9. The van der Waals surface area contributed by atoms with E-state index < -0.39 is 35.8 Å². The zero-order valence-electron chi connectivity index (χ0n) is 18.9. The fraction of sp³-hybridized carbons (Fsp3) is 0.250. The van der Waals surface area contributed by atoms with Gasteiger partial charge in [-0.3, -0.25) is 19.1 Å². The summed E-state index contributed by atoms with van der Waals surface area (Å²) in [4.78, 5) is 53.6. The topological polar surface area (TPSA) is 146 Å². The van der Waals surface area contributed by atoms with Gasteiger partial charge in [0, 0.05) is 6.54 Å². The highest BCUT2D eigenvalue weighted by Crippen LogP contribution is 2.31. The number of benzene rings is 2. The van der Waals surface area contributed by atoms with Crippen LogP contribution >= 0.6 is 0 Å². The Morgan fingerprint density at radius 2 is 1.80 bits per heavy atom. The summed E-state index contributed by atoms with van der Waals surface area (Å²) in [5.41, 5.74) is 5.22. The number of amides is 1. The van der Waals surface area contributed by atoms with Crippen LogP contribution in [-0.4, -0.2) is 47.3 Å². The standard InChI is InChI=1S/C24H24N4O7/c1-2-27(19(29)14-34-23(31)18-13-33-16-10-6-7-11-17(16)35-18)20-21(25)28(24(32)26-22(20)30)12-15-8-4-3-5-9-15/h3-11,18H,2,12-14,25H2,1H3,(H,26,30,32)/t18-/m1/s1. The third kappa shape index (κ3) is 5.03. The lowest BCUT2D eigenvalue weighted by atomic mass is 10.2. The highest BCUT2D eigenvalue weighted by atomic mass is 16.6. The van der Waals surface area contributed by atoms with E-state index in [0.717, 1.165) is 10.5 Å². The van der Waals surface area contributed by atoms with Crippen molar-refractivity contribution in [3.8, 4) is 11.5 Å². The lowest BCUT2D eigenvalue weighted by Gasteiger charge is -2.26. The van der Waals surface area contributed by atoms with E-state index in [4.69, 9.17) is 19.9 Å². The van der Waals surface area contributed by atoms with Gasteiger partial charge in [0.2, 0.25) is 6.10 Å². The smallest absolute Gasteiger partial charge is 0.351 e. The number of hydrogen-bond acceptors (Lipinski definition) is 8. The molecule has 11 nitrogen and oxygen atoms in total. The fourth-order valence-corrected chi connectivity index (χ4v) is 3.66. The Balaban J connectivity index is 1.49. The number of nitrogen functional groups attached to an aromatic ring is 1. The molecule has 0 unspecified atom stereocenters. The Morgan fingerprint density at radius 1 is 1.11 bits per heavy atom. The van der Waals surface area contributed by atoms with Crippen molar-refractivity contribution >= 4 is 23.4 Å². The Bertz CT molecular complexity index is 1350. The normalized spacial score (nSPS) is 14.3. The number of esters is 1. The third-order valence-corrected chi connectivity index (χ3v) is 5.39. The molecule has 0 fully saturated rings. The highest BCUT2D eigenvalue weighted by Gasteiger charge is 2.30. The van der Waals surface area contributed by atoms with Gasteiger partial charge in [0.05, 0.1) is 6.54 Å². The average molecular weight is 480 g/mol. The molecule has 0 spiro atoms. The van der Waals surface area contributed by atoms with Crippen molar-refractivity contribution in [2.75, 3.05) is 30.4 Å². The number of aromatic nitrogens is 2. The van der Waals surface area contributed by atoms with Gasteiger partial charge in [-0.15, -0.1) is 0 Å². The minimum absolute atomic E-state index is 0.0453. The molecule has 11 heteroatoms. The van der Waals surface area contributed by atoms with Crippen LogP contribution in [0.4, 0.5) is 11.5 Å². The molecule has 1 aliphatic heterocycles. The van der Waals surface area contributed by atoms with Crippen LogP contribution in [0.3, 0.4) is 0 Å². The van der Waals surface area contributed by atoms with Crippen LogP contribution in [0.1, 0.15) is 12.5 Å². The molecule has 2 aromatic carbocycles. The molecule has 182 valence electrons. The number of nitrogens with zero attached hydrogens (tertiary/aromatic N) is 2. The number of anilines is 2. The number of hydrogen-bond donors (Lipinski definition) is 2. The van der Waals surface area contributed by atoms with Crippen LogP contribution in [0.15, 0.2) is 64.2 Å². The maximum Gasteiger partial charge on any atom is 0.351 e. The molecule has 2 heterocycles. The largest absolute Gasteiger partial charge is 0.485 e. The number of likely N-dealkylation sites (N-methyl/N-ethyl adjacent to an activating group) is 1. The van der Waals surface area contributed by atoms with Crippen LogP contribution in [0.5, 0.6) is 11.5 Å². The highest BCUT2D eigenvalue weighted by molar-refractivity contribution is 5.97. The molecule has 1 atom stereocenters. The number of H-pyrrole nitrogens is 1. The number of nitrogens with one attached hydrogen (secondary N) is 1. The van der Waals surface area contributed by atoms with Crippen molar-refractivity contribution in [3.63, 3.8) is 0 Å². The van der Waals surface area contributed by atoms with E-state index in [2.05, 4.69) is 4.98 Å². The van der Waals surface area contributed by atoms with Crippen molar-refractivity contribution in [2.24, 2.45) is 0 Å². The predicted molar refractivity (Wildman–Crippen MR) is 127 cm³/mol. The number of carbonyl (C=O) groups is 2. The van der Waals surface area contributed by atoms with Crippen molar-refractivity contribution in [3.05, 3.63) is 81.0 Å². The number of aromatic amines is 1. The summed E-state index contributed by atoms with van der Waals surface area (Å²) in [5, 5.41) is 0. The summed E-state index contributed by atoms with van der Waals surface area (Å²) in [5.74, 6) is -0.767. The molecule has 1 amide bonds. The van der Waals surface area contributed by atoms with Crippen LogP contribution in [0.25, 0.3) is 0 Å². The Hall–Kier alpha value is -4.54. The minimum atomic E-state index is -1.05. The molecular weight excluding hydrogens is 456 g/mol. The lowest BCUT2D eigenvalue weighted by Crippen LogP contribution is -2.44. The van der Waals surface area contributed by atoms with Gasteiger partial charge in [0.1, 0.15) is 12.4 Å². The van der Waals surface area contributed by atoms with E-state index in [9.17, 15) is 19.2 Å². The molecule has 1 aliphatic rings. The number of ether oxygens (including phenoxy) is 3. The van der Waals surface area contributed by atoms with Gasteiger partial charge in [-0.1, -0.05) is 42.5 Å². The second kappa shape index (κ2) is 10.2. The van der Waals surface area contributed by atoms with Crippen LogP contribution in [0.2, 0.25) is 0 Å². The van der Waals surface area contributed by atoms with Crippen LogP contribution in [0, 0.1) is 0 Å². The molecule has 0 saturated heterocycles. The van der Waals surface area contributed by atoms with Gasteiger partial charge < -0.3 is 24.8 Å². The maximum absolute atomic E-state index is 12.9. The number of nitrogens with two attached hydrogens (primary N) is 1. The number of rotatable bonds is 7. The fourth-order valence-electron chi connectivity index (χ4n) is 3.66. The first-order valence-electron chi connectivity index (χ1n) is 10.9. The number of carbonyl (C=O) groups excluding carboxylic acids is 2. The van der Waals surface area contributed by atoms with E-state index in [1.807, 2.05) is 6.07 Å². The van der Waals surface area contributed by atoms with Crippen molar-refractivity contribution in [1.82, 2.24) is 9.55 Å². The van der Waals surface area contributed by atoms with Crippen LogP contribution < -0.4 is 31.4 Å².